The number of amides is 1. The molecule has 0 radical (unpaired) electrons. The monoisotopic (exact) mass is 485 g/mol. The largest absolute Gasteiger partial charge is 0.350 e. The zero-order valence-corrected chi connectivity index (χ0v) is 20.5. The van der Waals surface area contributed by atoms with Crippen molar-refractivity contribution in [1.29, 1.82) is 0 Å². The molecule has 1 amide bonds. The number of likely N-dealkylation sites (N-methyl/N-ethyl adjacent to an activating group) is 1. The zero-order valence-electron chi connectivity index (χ0n) is 18.2. The number of benzene rings is 2. The maximum absolute atomic E-state index is 12.9. The van der Waals surface area contributed by atoms with Crippen LogP contribution in [0.5, 0.6) is 0 Å². The maximum atomic E-state index is 12.9. The van der Waals surface area contributed by atoms with Crippen LogP contribution >= 0.6 is 23.2 Å². The van der Waals surface area contributed by atoms with Gasteiger partial charge in [-0.2, -0.15) is 0 Å². The summed E-state index contributed by atoms with van der Waals surface area (Å²) in [7, 11) is -3.75. The van der Waals surface area contributed by atoms with Crippen LogP contribution < -0.4 is 10.0 Å². The van der Waals surface area contributed by atoms with Crippen molar-refractivity contribution < 1.29 is 13.2 Å². The Morgan fingerprint density at radius 2 is 1.68 bits per heavy atom. The topological polar surface area (TPSA) is 78.5 Å². The summed E-state index contributed by atoms with van der Waals surface area (Å²) >= 11 is 12.6. The van der Waals surface area contributed by atoms with Gasteiger partial charge in [0.1, 0.15) is 0 Å². The average Bonchev–Trinajstić information content (AvgIpc) is 2.71. The molecule has 6 nitrogen and oxygen atoms in total. The number of sulfonamides is 1. The zero-order chi connectivity index (χ0) is 23.2. The van der Waals surface area contributed by atoms with Crippen LogP contribution in [-0.4, -0.2) is 44.9 Å². The summed E-state index contributed by atoms with van der Waals surface area (Å²) in [6, 6.07) is 11.2. The summed E-state index contributed by atoms with van der Waals surface area (Å²) in [5.74, 6) is -0.448. The smallest absolute Gasteiger partial charge is 0.252 e. The second-order valence-corrected chi connectivity index (χ2v) is 9.91. The fraction of sp³-hybridized carbons (Fsp3) is 0.409. The van der Waals surface area contributed by atoms with Crippen molar-refractivity contribution in [2.75, 3.05) is 19.6 Å². The van der Waals surface area contributed by atoms with Crippen LogP contribution in [0.25, 0.3) is 0 Å². The third-order valence-corrected chi connectivity index (χ3v) is 7.19. The molecule has 0 aliphatic carbocycles. The Morgan fingerprint density at radius 3 is 2.26 bits per heavy atom. The van der Waals surface area contributed by atoms with Gasteiger partial charge in [-0.1, -0.05) is 55.2 Å². The van der Waals surface area contributed by atoms with Gasteiger partial charge in [0.15, 0.2) is 0 Å². The Morgan fingerprint density at radius 1 is 1.03 bits per heavy atom. The molecular formula is C22H29Cl2N3O3S. The predicted molar refractivity (Wildman–Crippen MR) is 126 cm³/mol. The first-order chi connectivity index (χ1) is 14.6. The Balaban J connectivity index is 2.29. The first kappa shape index (κ1) is 25.6. The van der Waals surface area contributed by atoms with Crippen LogP contribution in [0.1, 0.15) is 49.7 Å². The maximum Gasteiger partial charge on any atom is 0.252 e. The first-order valence-corrected chi connectivity index (χ1v) is 12.4. The highest BCUT2D eigenvalue weighted by atomic mass is 35.5. The summed E-state index contributed by atoms with van der Waals surface area (Å²) < 4.78 is 27.5. The van der Waals surface area contributed by atoms with Crippen LogP contribution in [0.15, 0.2) is 47.4 Å². The molecule has 31 heavy (non-hydrogen) atoms. The van der Waals surface area contributed by atoms with Gasteiger partial charge in [-0.15, -0.1) is 0 Å². The highest BCUT2D eigenvalue weighted by Gasteiger charge is 2.23. The molecule has 2 aromatic rings. The average molecular weight is 486 g/mol. The molecule has 0 aliphatic rings. The van der Waals surface area contributed by atoms with E-state index in [0.29, 0.717) is 11.6 Å². The van der Waals surface area contributed by atoms with E-state index >= 15 is 0 Å². The lowest BCUT2D eigenvalue weighted by molar-refractivity contribution is 0.0935. The second-order valence-electron chi connectivity index (χ2n) is 7.39. The van der Waals surface area contributed by atoms with Crippen LogP contribution in [-0.2, 0) is 10.0 Å². The standard InChI is InChI=1S/C22H29Cl2N3O3S/c1-5-27(6-2)21(17-9-7-8-10-19(17)23)14-25-22(28)18-13-16(11-12-20(18)24)31(29,30)26-15(3)4/h7-13,15,21,26H,5-6,14H2,1-4H3,(H,25,28). The third-order valence-electron chi connectivity index (χ3n) is 4.86. The lowest BCUT2D eigenvalue weighted by Gasteiger charge is -2.31. The lowest BCUT2D eigenvalue weighted by Crippen LogP contribution is -2.38. The van der Waals surface area contributed by atoms with Gasteiger partial charge in [0.05, 0.1) is 21.5 Å². The molecule has 2 N–H and O–H groups in total. The minimum absolute atomic E-state index is 0.0119. The Kier molecular flexibility index (Phi) is 9.33. The van der Waals surface area contributed by atoms with Gasteiger partial charge in [0, 0.05) is 17.6 Å². The van der Waals surface area contributed by atoms with Gasteiger partial charge < -0.3 is 5.32 Å². The third kappa shape index (κ3) is 6.67. The van der Waals surface area contributed by atoms with Gasteiger partial charge >= 0.3 is 0 Å². The lowest BCUT2D eigenvalue weighted by atomic mass is 10.0. The normalized spacial score (nSPS) is 12.9. The first-order valence-electron chi connectivity index (χ1n) is 10.2. The molecule has 0 spiro atoms. The van der Waals surface area contributed by atoms with E-state index < -0.39 is 15.9 Å². The van der Waals surface area contributed by atoms with Crippen molar-refractivity contribution in [1.82, 2.24) is 14.9 Å². The van der Waals surface area contributed by atoms with Crippen molar-refractivity contribution in [3.05, 3.63) is 63.6 Å². The number of hydrogen-bond donors (Lipinski definition) is 2. The van der Waals surface area contributed by atoms with Crippen molar-refractivity contribution in [2.45, 2.75) is 44.7 Å². The molecule has 9 heteroatoms. The SMILES string of the molecule is CCN(CC)C(CNC(=O)c1cc(S(=O)(=O)NC(C)C)ccc1Cl)c1ccccc1Cl. The summed E-state index contributed by atoms with van der Waals surface area (Å²) in [4.78, 5) is 15.1. The number of hydrogen-bond acceptors (Lipinski definition) is 4. The molecule has 0 aromatic heterocycles. The van der Waals surface area contributed by atoms with E-state index in [4.69, 9.17) is 23.2 Å². The molecule has 170 valence electrons. The summed E-state index contributed by atoms with van der Waals surface area (Å²) in [6.45, 7) is 9.38. The van der Waals surface area contributed by atoms with Crippen molar-refractivity contribution in [3.8, 4) is 0 Å². The van der Waals surface area contributed by atoms with Crippen LogP contribution in [0.2, 0.25) is 10.0 Å². The van der Waals surface area contributed by atoms with Crippen LogP contribution in [0.4, 0.5) is 0 Å². The highest BCUT2D eigenvalue weighted by Crippen LogP contribution is 2.27. The predicted octanol–water partition coefficient (Wildman–Crippen LogP) is 4.49. The second kappa shape index (κ2) is 11.3. The fourth-order valence-electron chi connectivity index (χ4n) is 3.35. The van der Waals surface area contributed by atoms with E-state index in [2.05, 4.69) is 14.9 Å². The van der Waals surface area contributed by atoms with E-state index in [1.807, 2.05) is 38.1 Å². The van der Waals surface area contributed by atoms with Gasteiger partial charge in [-0.3, -0.25) is 9.69 Å². The van der Waals surface area contributed by atoms with Crippen molar-refractivity contribution in [2.24, 2.45) is 0 Å². The van der Waals surface area contributed by atoms with Gasteiger partial charge in [-0.05, 0) is 56.8 Å². The van der Waals surface area contributed by atoms with E-state index in [-0.39, 0.29) is 27.6 Å². The number of carbonyl (C=O) groups excluding carboxylic acids is 1. The van der Waals surface area contributed by atoms with Crippen molar-refractivity contribution in [3.63, 3.8) is 0 Å². The summed E-state index contributed by atoms with van der Waals surface area (Å²) in [6.07, 6.45) is 0. The molecule has 0 saturated carbocycles. The van der Waals surface area contributed by atoms with E-state index in [1.54, 1.807) is 13.8 Å². The van der Waals surface area contributed by atoms with E-state index in [0.717, 1.165) is 18.7 Å². The summed E-state index contributed by atoms with van der Waals surface area (Å²) in [5, 5.41) is 3.70. The molecule has 0 aliphatic heterocycles. The number of nitrogens with one attached hydrogen (secondary N) is 2. The highest BCUT2D eigenvalue weighted by molar-refractivity contribution is 7.89. The minimum atomic E-state index is -3.75. The van der Waals surface area contributed by atoms with E-state index in [9.17, 15) is 13.2 Å². The number of halogens is 2. The Bertz CT molecular complexity index is 1010. The molecule has 1 unspecified atom stereocenters. The van der Waals surface area contributed by atoms with Gasteiger partial charge in [0.25, 0.3) is 5.91 Å². The molecule has 0 bridgehead atoms. The van der Waals surface area contributed by atoms with Crippen molar-refractivity contribution >= 4 is 39.1 Å². The van der Waals surface area contributed by atoms with Gasteiger partial charge in [0.2, 0.25) is 10.0 Å². The van der Waals surface area contributed by atoms with Gasteiger partial charge in [-0.25, -0.2) is 13.1 Å². The fourth-order valence-corrected chi connectivity index (χ4v) is 5.10. The molecule has 2 aromatic carbocycles. The van der Waals surface area contributed by atoms with Crippen LogP contribution in [0, 0.1) is 0 Å². The Hall–Kier alpha value is -1.64. The number of rotatable bonds is 10. The molecule has 0 fully saturated rings. The molecular weight excluding hydrogens is 457 g/mol. The molecule has 0 heterocycles. The Labute approximate surface area is 195 Å². The minimum Gasteiger partial charge on any atom is -0.350 e. The quantitative estimate of drug-likeness (QED) is 0.519. The molecule has 1 atom stereocenters. The molecule has 0 saturated heterocycles. The number of carbonyl (C=O) groups is 1. The van der Waals surface area contributed by atoms with E-state index in [1.165, 1.54) is 18.2 Å². The molecule has 2 rings (SSSR count). The summed E-state index contributed by atoms with van der Waals surface area (Å²) in [5.41, 5.74) is 1.02. The van der Waals surface area contributed by atoms with Crippen LogP contribution in [0.3, 0.4) is 0 Å². The number of nitrogens with zero attached hydrogens (tertiary/aromatic N) is 1.